The first-order valence-electron chi connectivity index (χ1n) is 5.34. The number of benzene rings is 1. The van der Waals surface area contributed by atoms with Crippen molar-refractivity contribution < 1.29 is 23.4 Å². The summed E-state index contributed by atoms with van der Waals surface area (Å²) in [5, 5.41) is 10.8. The predicted molar refractivity (Wildman–Crippen MR) is 70.1 cm³/mol. The maximum absolute atomic E-state index is 10.8. The van der Waals surface area contributed by atoms with Gasteiger partial charge in [-0.1, -0.05) is 0 Å². The fourth-order valence-corrected chi connectivity index (χ4v) is 1.52. The van der Waals surface area contributed by atoms with Crippen LogP contribution in [0.5, 0.6) is 11.5 Å². The number of nitro groups is 1. The zero-order chi connectivity index (χ0) is 14.3. The minimum Gasteiger partial charge on any atom is -0.493 e. The van der Waals surface area contributed by atoms with E-state index in [9.17, 15) is 14.9 Å². The summed E-state index contributed by atoms with van der Waals surface area (Å²) >= 11 is 3.58. The Kier molecular flexibility index (Phi) is 6.10. The van der Waals surface area contributed by atoms with Crippen molar-refractivity contribution in [2.45, 2.75) is 6.42 Å². The third kappa shape index (κ3) is 4.11. The number of aldehydes is 1. The van der Waals surface area contributed by atoms with Crippen molar-refractivity contribution in [1.29, 1.82) is 0 Å². The summed E-state index contributed by atoms with van der Waals surface area (Å²) in [5.74, 6) is 0.471. The van der Waals surface area contributed by atoms with Crippen molar-refractivity contribution >= 4 is 24.9 Å². The maximum atomic E-state index is 10.8. The van der Waals surface area contributed by atoms with Gasteiger partial charge < -0.3 is 13.7 Å². The fourth-order valence-electron chi connectivity index (χ4n) is 1.40. The molecule has 7 nitrogen and oxygen atoms in total. The molecule has 0 atom stereocenters. The van der Waals surface area contributed by atoms with E-state index in [2.05, 4.69) is 17.1 Å². The Morgan fingerprint density at radius 1 is 1.37 bits per heavy atom. The van der Waals surface area contributed by atoms with Crippen LogP contribution in [0, 0.1) is 10.1 Å². The number of nitrogens with zero attached hydrogens (tertiary/aromatic N) is 1. The summed E-state index contributed by atoms with van der Waals surface area (Å²) in [7, 11) is 1.39. The van der Waals surface area contributed by atoms with E-state index in [1.165, 1.54) is 19.2 Å². The lowest BCUT2D eigenvalue weighted by Crippen LogP contribution is -2.04. The molecule has 0 unspecified atom stereocenters. The van der Waals surface area contributed by atoms with Crippen LogP contribution in [0.3, 0.4) is 0 Å². The van der Waals surface area contributed by atoms with E-state index >= 15 is 0 Å². The Bertz CT molecular complexity index is 465. The molecule has 0 aromatic heterocycles. The minimum atomic E-state index is -0.646. The van der Waals surface area contributed by atoms with Crippen molar-refractivity contribution in [3.05, 3.63) is 27.8 Å². The van der Waals surface area contributed by atoms with Gasteiger partial charge in [0.15, 0.2) is 17.8 Å². The number of methoxy groups -OCH3 is 1. The molecule has 0 aliphatic carbocycles. The number of hydrogen-bond acceptors (Lipinski definition) is 7. The lowest BCUT2D eigenvalue weighted by molar-refractivity contribution is -0.385. The molecule has 0 radical (unpaired) electrons. The standard InChI is InChI=1S/C11H13NO6S/c1-16-10-5-8(7-13)9(12(14)15)6-11(10)17-3-2-4-18-19/h5-7,19H,2-4H2,1H3. The monoisotopic (exact) mass is 287 g/mol. The smallest absolute Gasteiger partial charge is 0.283 e. The molecular formula is C11H13NO6S. The highest BCUT2D eigenvalue weighted by Gasteiger charge is 2.19. The van der Waals surface area contributed by atoms with E-state index < -0.39 is 4.92 Å². The van der Waals surface area contributed by atoms with Crippen LogP contribution in [0.1, 0.15) is 16.8 Å². The van der Waals surface area contributed by atoms with Gasteiger partial charge in [0.1, 0.15) is 0 Å². The van der Waals surface area contributed by atoms with E-state index in [4.69, 9.17) is 9.47 Å². The van der Waals surface area contributed by atoms with Crippen LogP contribution >= 0.6 is 12.9 Å². The Balaban J connectivity index is 2.97. The van der Waals surface area contributed by atoms with Gasteiger partial charge in [-0.2, -0.15) is 0 Å². The Morgan fingerprint density at radius 3 is 2.63 bits per heavy atom. The summed E-state index contributed by atoms with van der Waals surface area (Å²) in [6.45, 7) is 0.675. The van der Waals surface area contributed by atoms with Gasteiger partial charge in [0.25, 0.3) is 5.69 Å². The average molecular weight is 287 g/mol. The third-order valence-corrected chi connectivity index (χ3v) is 2.46. The molecular weight excluding hydrogens is 274 g/mol. The molecule has 0 saturated carbocycles. The molecule has 1 rings (SSSR count). The summed E-state index contributed by atoms with van der Waals surface area (Å²) in [6, 6.07) is 2.44. The van der Waals surface area contributed by atoms with E-state index in [1.807, 2.05) is 0 Å². The van der Waals surface area contributed by atoms with Crippen LogP contribution in [-0.2, 0) is 4.18 Å². The second-order valence-corrected chi connectivity index (χ2v) is 3.73. The molecule has 104 valence electrons. The van der Waals surface area contributed by atoms with Crippen molar-refractivity contribution in [2.24, 2.45) is 0 Å². The number of carbonyl (C=O) groups is 1. The second-order valence-electron chi connectivity index (χ2n) is 3.47. The Labute approximate surface area is 115 Å². The molecule has 0 N–H and O–H groups in total. The van der Waals surface area contributed by atoms with E-state index in [0.29, 0.717) is 19.3 Å². The van der Waals surface area contributed by atoms with Gasteiger partial charge in [-0.15, -0.1) is 0 Å². The first-order chi connectivity index (χ1) is 9.13. The zero-order valence-electron chi connectivity index (χ0n) is 10.2. The van der Waals surface area contributed by atoms with Crippen LogP contribution < -0.4 is 9.47 Å². The van der Waals surface area contributed by atoms with E-state index in [1.54, 1.807) is 0 Å². The number of hydrogen-bond donors (Lipinski definition) is 1. The molecule has 0 heterocycles. The topological polar surface area (TPSA) is 87.9 Å². The number of thiol groups is 1. The van der Waals surface area contributed by atoms with Crippen molar-refractivity contribution in [1.82, 2.24) is 0 Å². The predicted octanol–water partition coefficient (Wildman–Crippen LogP) is 2.05. The molecule has 1 aromatic rings. The summed E-state index contributed by atoms with van der Waals surface area (Å²) in [4.78, 5) is 21.0. The average Bonchev–Trinajstić information content (AvgIpc) is 2.42. The summed E-state index contributed by atoms with van der Waals surface area (Å²) in [6.07, 6.45) is 0.967. The molecule has 0 aliphatic heterocycles. The summed E-state index contributed by atoms with van der Waals surface area (Å²) in [5.41, 5.74) is -0.385. The highest BCUT2D eigenvalue weighted by atomic mass is 32.1. The molecule has 0 spiro atoms. The number of carbonyl (C=O) groups excluding carboxylic acids is 1. The second kappa shape index (κ2) is 7.59. The number of ether oxygens (including phenoxy) is 2. The quantitative estimate of drug-likeness (QED) is 0.197. The number of nitro benzene ring substituents is 1. The van der Waals surface area contributed by atoms with Crippen molar-refractivity contribution in [3.63, 3.8) is 0 Å². The fraction of sp³-hybridized carbons (Fsp3) is 0.364. The van der Waals surface area contributed by atoms with E-state index in [0.717, 1.165) is 0 Å². The molecule has 0 aliphatic rings. The Morgan fingerprint density at radius 2 is 2.11 bits per heavy atom. The molecule has 1 aromatic carbocycles. The van der Waals surface area contributed by atoms with Crippen LogP contribution in [0.15, 0.2) is 12.1 Å². The van der Waals surface area contributed by atoms with Gasteiger partial charge in [0.2, 0.25) is 0 Å². The number of rotatable bonds is 8. The maximum Gasteiger partial charge on any atom is 0.283 e. The normalized spacial score (nSPS) is 10.0. The first-order valence-corrected chi connectivity index (χ1v) is 5.71. The van der Waals surface area contributed by atoms with Gasteiger partial charge in [0, 0.05) is 12.5 Å². The van der Waals surface area contributed by atoms with Gasteiger partial charge >= 0.3 is 0 Å². The molecule has 0 fully saturated rings. The van der Waals surface area contributed by atoms with Crippen LogP contribution in [0.2, 0.25) is 0 Å². The van der Waals surface area contributed by atoms with Gasteiger partial charge in [0.05, 0.1) is 36.9 Å². The largest absolute Gasteiger partial charge is 0.493 e. The van der Waals surface area contributed by atoms with Crippen LogP contribution in [-0.4, -0.2) is 31.5 Å². The summed E-state index contributed by atoms with van der Waals surface area (Å²) < 4.78 is 15.0. The van der Waals surface area contributed by atoms with Crippen LogP contribution in [0.4, 0.5) is 5.69 Å². The molecule has 8 heteroatoms. The van der Waals surface area contributed by atoms with Gasteiger partial charge in [-0.05, 0) is 12.9 Å². The van der Waals surface area contributed by atoms with Gasteiger partial charge in [-0.25, -0.2) is 0 Å². The van der Waals surface area contributed by atoms with Crippen molar-refractivity contribution in [2.75, 3.05) is 20.3 Å². The third-order valence-electron chi connectivity index (χ3n) is 2.27. The highest BCUT2D eigenvalue weighted by Crippen LogP contribution is 2.34. The SMILES string of the molecule is COc1cc(C=O)c([N+](=O)[O-])cc1OCCCOS. The zero-order valence-corrected chi connectivity index (χ0v) is 11.1. The van der Waals surface area contributed by atoms with Crippen molar-refractivity contribution in [3.8, 4) is 11.5 Å². The molecule has 0 saturated heterocycles. The van der Waals surface area contributed by atoms with E-state index in [-0.39, 0.29) is 29.4 Å². The highest BCUT2D eigenvalue weighted by molar-refractivity contribution is 7.75. The minimum absolute atomic E-state index is 0.0621. The first kappa shape index (κ1) is 15.3. The lowest BCUT2D eigenvalue weighted by Gasteiger charge is -2.11. The van der Waals surface area contributed by atoms with Gasteiger partial charge in [-0.3, -0.25) is 14.9 Å². The molecule has 0 amide bonds. The molecule has 0 bridgehead atoms. The Hall–Kier alpha value is -1.80. The van der Waals surface area contributed by atoms with Crippen LogP contribution in [0.25, 0.3) is 0 Å². The lowest BCUT2D eigenvalue weighted by atomic mass is 10.1. The molecule has 19 heavy (non-hydrogen) atoms.